The topological polar surface area (TPSA) is 80.8 Å². The number of sulfonamides is 1. The number of fused-ring (bicyclic) bond motifs is 5. The maximum Gasteiger partial charge on any atom is 0.216 e. The van der Waals surface area contributed by atoms with Gasteiger partial charge < -0.3 is 9.47 Å². The molecule has 1 saturated carbocycles. The summed E-state index contributed by atoms with van der Waals surface area (Å²) < 4.78 is 39.0. The van der Waals surface area contributed by atoms with Gasteiger partial charge in [-0.1, -0.05) is 6.07 Å². The summed E-state index contributed by atoms with van der Waals surface area (Å²) >= 11 is 0. The number of hydrogen-bond acceptors (Lipinski definition) is 6. The van der Waals surface area contributed by atoms with E-state index >= 15 is 0 Å². The Labute approximate surface area is 167 Å². The number of nitrogens with one attached hydrogen (secondary N) is 1. The zero-order chi connectivity index (χ0) is 19.6. The normalized spacial score (nSPS) is 32.2. The van der Waals surface area contributed by atoms with Gasteiger partial charge in [0.2, 0.25) is 15.9 Å². The Hall–Kier alpha value is -1.22. The van der Waals surface area contributed by atoms with Crippen LogP contribution < -0.4 is 9.46 Å². The van der Waals surface area contributed by atoms with Gasteiger partial charge in [0.25, 0.3) is 0 Å². The summed E-state index contributed by atoms with van der Waals surface area (Å²) in [5, 5.41) is 0. The number of hydrogen-bond donors (Lipinski definition) is 1. The van der Waals surface area contributed by atoms with E-state index in [4.69, 9.17) is 9.47 Å². The first-order valence-electron chi connectivity index (χ1n) is 10.4. The van der Waals surface area contributed by atoms with Gasteiger partial charge in [-0.2, -0.15) is 0 Å². The van der Waals surface area contributed by atoms with E-state index in [9.17, 15) is 8.42 Å². The molecule has 1 saturated heterocycles. The van der Waals surface area contributed by atoms with Gasteiger partial charge in [-0.15, -0.1) is 0 Å². The van der Waals surface area contributed by atoms with E-state index in [2.05, 4.69) is 20.7 Å². The van der Waals surface area contributed by atoms with Crippen LogP contribution in [0.1, 0.15) is 50.0 Å². The number of rotatable bonds is 2. The molecule has 2 bridgehead atoms. The molecule has 1 aliphatic carbocycles. The zero-order valence-corrected chi connectivity index (χ0v) is 17.4. The molecule has 1 aromatic heterocycles. The standard InChI is InChI=1S/C20H31N3O4S/c1-28(24,25)22-18-5-3-11-23-12-13-26-20-17(4-2-10-21-20)15-6-8-16(9-7-15)27-14-19(18)23/h2,4,10,15-16,18-19,22H,3,5-9,11-14H2,1H3/t15?,16?,18?,19-/m0/s1. The summed E-state index contributed by atoms with van der Waals surface area (Å²) in [6.07, 6.45) is 9.28. The number of ether oxygens (including phenoxy) is 2. The predicted octanol–water partition coefficient (Wildman–Crippen LogP) is 1.90. The third-order valence-corrected chi connectivity index (χ3v) is 7.02. The van der Waals surface area contributed by atoms with Crippen LogP contribution in [0.4, 0.5) is 0 Å². The highest BCUT2D eigenvalue weighted by Gasteiger charge is 2.35. The second kappa shape index (κ2) is 8.65. The minimum atomic E-state index is -3.26. The second-order valence-corrected chi connectivity index (χ2v) is 10.1. The lowest BCUT2D eigenvalue weighted by Crippen LogP contribution is -2.58. The molecule has 1 aromatic rings. The van der Waals surface area contributed by atoms with Crippen molar-refractivity contribution in [3.8, 4) is 5.88 Å². The molecule has 156 valence electrons. The van der Waals surface area contributed by atoms with Crippen LogP contribution in [0.5, 0.6) is 5.88 Å². The quantitative estimate of drug-likeness (QED) is 0.804. The summed E-state index contributed by atoms with van der Waals surface area (Å²) in [6.45, 7) is 2.78. The lowest BCUT2D eigenvalue weighted by Gasteiger charge is -2.41. The van der Waals surface area contributed by atoms with Crippen LogP contribution in [0.25, 0.3) is 0 Å². The third kappa shape index (κ3) is 4.84. The second-order valence-electron chi connectivity index (χ2n) is 8.30. The summed E-state index contributed by atoms with van der Waals surface area (Å²) in [4.78, 5) is 6.81. The van der Waals surface area contributed by atoms with Crippen molar-refractivity contribution in [2.45, 2.75) is 62.6 Å². The molecule has 2 atom stereocenters. The van der Waals surface area contributed by atoms with E-state index < -0.39 is 10.0 Å². The van der Waals surface area contributed by atoms with Crippen molar-refractivity contribution in [2.24, 2.45) is 0 Å². The van der Waals surface area contributed by atoms with Crippen molar-refractivity contribution in [1.82, 2.24) is 14.6 Å². The number of nitrogens with zero attached hydrogens (tertiary/aromatic N) is 2. The molecule has 1 N–H and O–H groups in total. The van der Waals surface area contributed by atoms with E-state index in [0.29, 0.717) is 19.1 Å². The van der Waals surface area contributed by atoms with Gasteiger partial charge in [0.15, 0.2) is 0 Å². The van der Waals surface area contributed by atoms with Crippen LogP contribution in [0.15, 0.2) is 18.3 Å². The Balaban J connectivity index is 1.55. The largest absolute Gasteiger partial charge is 0.476 e. The highest BCUT2D eigenvalue weighted by molar-refractivity contribution is 7.88. The SMILES string of the molecule is CS(=O)(=O)NC1CCCN2CCOc3ncccc3C3CCC(CC3)OC[C@@H]12. The van der Waals surface area contributed by atoms with Crippen molar-refractivity contribution < 1.29 is 17.9 Å². The summed E-state index contributed by atoms with van der Waals surface area (Å²) in [5.41, 5.74) is 1.21. The number of piperidine rings is 1. The van der Waals surface area contributed by atoms with Crippen LogP contribution in [-0.4, -0.2) is 69.0 Å². The minimum Gasteiger partial charge on any atom is -0.476 e. The van der Waals surface area contributed by atoms with Gasteiger partial charge >= 0.3 is 0 Å². The molecule has 1 unspecified atom stereocenters. The first-order chi connectivity index (χ1) is 13.5. The van der Waals surface area contributed by atoms with E-state index in [1.165, 1.54) is 11.8 Å². The van der Waals surface area contributed by atoms with E-state index in [1.807, 2.05) is 6.07 Å². The van der Waals surface area contributed by atoms with Crippen LogP contribution in [-0.2, 0) is 14.8 Å². The summed E-state index contributed by atoms with van der Waals surface area (Å²) in [5.74, 6) is 1.23. The minimum absolute atomic E-state index is 0.0359. The molecule has 0 spiro atoms. The molecule has 5 rings (SSSR count). The maximum atomic E-state index is 11.9. The molecule has 28 heavy (non-hydrogen) atoms. The molecule has 2 fully saturated rings. The lowest BCUT2D eigenvalue weighted by atomic mass is 9.83. The molecule has 3 aliphatic heterocycles. The van der Waals surface area contributed by atoms with Gasteiger partial charge in [-0.25, -0.2) is 18.1 Å². The Morgan fingerprint density at radius 2 is 2.00 bits per heavy atom. The van der Waals surface area contributed by atoms with Crippen LogP contribution >= 0.6 is 0 Å². The number of pyridine rings is 1. The molecule has 0 amide bonds. The van der Waals surface area contributed by atoms with Crippen LogP contribution in [0, 0.1) is 0 Å². The molecule has 0 aromatic carbocycles. The summed E-state index contributed by atoms with van der Waals surface area (Å²) in [7, 11) is -3.26. The van der Waals surface area contributed by atoms with Gasteiger partial charge in [-0.3, -0.25) is 4.90 Å². The van der Waals surface area contributed by atoms with E-state index in [1.54, 1.807) is 6.20 Å². The molecule has 4 heterocycles. The van der Waals surface area contributed by atoms with Gasteiger partial charge in [0.05, 0.1) is 19.0 Å². The third-order valence-electron chi connectivity index (χ3n) is 6.29. The van der Waals surface area contributed by atoms with Crippen molar-refractivity contribution in [1.29, 1.82) is 0 Å². The van der Waals surface area contributed by atoms with Crippen molar-refractivity contribution in [3.63, 3.8) is 0 Å². The molecule has 8 heteroatoms. The van der Waals surface area contributed by atoms with Crippen molar-refractivity contribution in [2.75, 3.05) is 32.6 Å². The Morgan fingerprint density at radius 3 is 2.79 bits per heavy atom. The summed E-state index contributed by atoms with van der Waals surface area (Å²) in [6, 6.07) is 4.05. The Morgan fingerprint density at radius 1 is 1.18 bits per heavy atom. The molecular formula is C20H31N3O4S. The van der Waals surface area contributed by atoms with E-state index in [-0.39, 0.29) is 18.2 Å². The van der Waals surface area contributed by atoms with Crippen molar-refractivity contribution in [3.05, 3.63) is 23.9 Å². The molecular weight excluding hydrogens is 378 g/mol. The van der Waals surface area contributed by atoms with Gasteiger partial charge in [-0.05, 0) is 57.1 Å². The molecule has 7 nitrogen and oxygen atoms in total. The van der Waals surface area contributed by atoms with Crippen LogP contribution in [0.3, 0.4) is 0 Å². The maximum absolute atomic E-state index is 11.9. The fraction of sp³-hybridized carbons (Fsp3) is 0.750. The van der Waals surface area contributed by atoms with Gasteiger partial charge in [0.1, 0.15) is 6.61 Å². The fourth-order valence-electron chi connectivity index (χ4n) is 4.91. The average molecular weight is 410 g/mol. The smallest absolute Gasteiger partial charge is 0.216 e. The van der Waals surface area contributed by atoms with Gasteiger partial charge in [0, 0.05) is 30.4 Å². The lowest BCUT2D eigenvalue weighted by molar-refractivity contribution is -0.0284. The molecule has 0 radical (unpaired) electrons. The highest BCUT2D eigenvalue weighted by Crippen LogP contribution is 2.38. The fourth-order valence-corrected chi connectivity index (χ4v) is 5.73. The van der Waals surface area contributed by atoms with Crippen molar-refractivity contribution >= 4 is 10.0 Å². The van der Waals surface area contributed by atoms with E-state index in [0.717, 1.165) is 57.5 Å². The monoisotopic (exact) mass is 409 g/mol. The first kappa shape index (κ1) is 20.1. The Bertz CT molecular complexity index is 764. The Kier molecular flexibility index (Phi) is 6.20. The predicted molar refractivity (Wildman–Crippen MR) is 107 cm³/mol. The zero-order valence-electron chi connectivity index (χ0n) is 16.5. The highest BCUT2D eigenvalue weighted by atomic mass is 32.2. The van der Waals surface area contributed by atoms with Crippen LogP contribution in [0.2, 0.25) is 0 Å². The average Bonchev–Trinajstić information content (AvgIpc) is 2.69. The molecule has 4 aliphatic rings. The number of aromatic nitrogens is 1. The first-order valence-corrected chi connectivity index (χ1v) is 12.3.